The minimum Gasteiger partial charge on any atom is -0.343 e. The highest BCUT2D eigenvalue weighted by molar-refractivity contribution is 7.91. The molecule has 2 rings (SSSR count). The molecule has 6 nitrogen and oxygen atoms in total. The smallest absolute Gasteiger partial charge is 0.251 e. The molecular formula is C13H16N2O4S. The van der Waals surface area contributed by atoms with Crippen LogP contribution in [0, 0.1) is 0 Å². The standard InChI is InChI=1S/C13H16N2O4S/c16-12(15-6-8-20(18,19)9-7-15)10-14-13(17)11-4-2-1-3-5-11/h1-5H,6-10H2,(H,14,17). The molecule has 1 aromatic rings. The fourth-order valence-corrected chi connectivity index (χ4v) is 3.12. The fraction of sp³-hybridized carbons (Fsp3) is 0.385. The second-order valence-corrected chi connectivity index (χ2v) is 6.88. The SMILES string of the molecule is O=C(NCC(=O)N1CCS(=O)(=O)CC1)c1ccccc1. The second kappa shape index (κ2) is 6.04. The van der Waals surface area contributed by atoms with Crippen LogP contribution in [0.25, 0.3) is 0 Å². The Kier molecular flexibility index (Phi) is 4.39. The van der Waals surface area contributed by atoms with Crippen LogP contribution in [-0.4, -0.2) is 56.3 Å². The molecule has 0 spiro atoms. The van der Waals surface area contributed by atoms with Crippen molar-refractivity contribution in [1.29, 1.82) is 0 Å². The lowest BCUT2D eigenvalue weighted by Gasteiger charge is -2.26. The van der Waals surface area contributed by atoms with Crippen LogP contribution in [0.15, 0.2) is 30.3 Å². The minimum atomic E-state index is -3.00. The predicted molar refractivity (Wildman–Crippen MR) is 74.0 cm³/mol. The van der Waals surface area contributed by atoms with Crippen molar-refractivity contribution in [3.8, 4) is 0 Å². The van der Waals surface area contributed by atoms with E-state index in [2.05, 4.69) is 5.32 Å². The third-order valence-electron chi connectivity index (χ3n) is 3.13. The summed E-state index contributed by atoms with van der Waals surface area (Å²) in [5, 5.41) is 2.54. The molecule has 1 aliphatic heterocycles. The van der Waals surface area contributed by atoms with Crippen molar-refractivity contribution in [2.24, 2.45) is 0 Å². The van der Waals surface area contributed by atoms with Crippen LogP contribution >= 0.6 is 0 Å². The lowest BCUT2D eigenvalue weighted by atomic mass is 10.2. The van der Waals surface area contributed by atoms with Gasteiger partial charge in [0.2, 0.25) is 5.91 Å². The van der Waals surface area contributed by atoms with Gasteiger partial charge in [0.15, 0.2) is 9.84 Å². The highest BCUT2D eigenvalue weighted by atomic mass is 32.2. The third kappa shape index (κ3) is 3.80. The van der Waals surface area contributed by atoms with Crippen molar-refractivity contribution in [2.45, 2.75) is 0 Å². The molecule has 0 aliphatic carbocycles. The summed E-state index contributed by atoms with van der Waals surface area (Å²) in [6, 6.07) is 8.61. The van der Waals surface area contributed by atoms with Gasteiger partial charge in [-0.25, -0.2) is 8.42 Å². The quantitative estimate of drug-likeness (QED) is 0.828. The van der Waals surface area contributed by atoms with Gasteiger partial charge >= 0.3 is 0 Å². The molecule has 2 amide bonds. The van der Waals surface area contributed by atoms with E-state index < -0.39 is 9.84 Å². The predicted octanol–water partition coefficient (Wildman–Crippen LogP) is -0.327. The number of rotatable bonds is 3. The number of nitrogens with one attached hydrogen (secondary N) is 1. The Morgan fingerprint density at radius 3 is 2.30 bits per heavy atom. The highest BCUT2D eigenvalue weighted by Gasteiger charge is 2.24. The van der Waals surface area contributed by atoms with Crippen molar-refractivity contribution >= 4 is 21.7 Å². The van der Waals surface area contributed by atoms with E-state index in [4.69, 9.17) is 0 Å². The van der Waals surface area contributed by atoms with E-state index in [0.29, 0.717) is 5.56 Å². The van der Waals surface area contributed by atoms with Crippen LogP contribution in [0.3, 0.4) is 0 Å². The van der Waals surface area contributed by atoms with Gasteiger partial charge in [-0.1, -0.05) is 18.2 Å². The summed E-state index contributed by atoms with van der Waals surface area (Å²) in [7, 11) is -3.00. The Bertz CT molecular complexity index is 584. The van der Waals surface area contributed by atoms with Crippen LogP contribution in [0.2, 0.25) is 0 Å². The number of amides is 2. The Labute approximate surface area is 117 Å². The normalized spacial score (nSPS) is 17.5. The largest absolute Gasteiger partial charge is 0.343 e. The van der Waals surface area contributed by atoms with Gasteiger partial charge in [-0.2, -0.15) is 0 Å². The van der Waals surface area contributed by atoms with Gasteiger partial charge < -0.3 is 10.2 Å². The maximum Gasteiger partial charge on any atom is 0.251 e. The molecule has 0 bridgehead atoms. The fourth-order valence-electron chi connectivity index (χ4n) is 1.92. The molecular weight excluding hydrogens is 280 g/mol. The van der Waals surface area contributed by atoms with Gasteiger partial charge in [0, 0.05) is 18.7 Å². The maximum absolute atomic E-state index is 11.9. The molecule has 1 N–H and O–H groups in total. The summed E-state index contributed by atoms with van der Waals surface area (Å²) in [6.45, 7) is 0.276. The summed E-state index contributed by atoms with van der Waals surface area (Å²) >= 11 is 0. The van der Waals surface area contributed by atoms with Crippen molar-refractivity contribution in [2.75, 3.05) is 31.1 Å². The Balaban J connectivity index is 1.83. The molecule has 1 fully saturated rings. The van der Waals surface area contributed by atoms with Gasteiger partial charge in [-0.3, -0.25) is 9.59 Å². The van der Waals surface area contributed by atoms with E-state index in [1.165, 1.54) is 4.90 Å². The molecule has 0 radical (unpaired) electrons. The lowest BCUT2D eigenvalue weighted by molar-refractivity contribution is -0.129. The number of sulfone groups is 1. The Hall–Kier alpha value is -1.89. The van der Waals surface area contributed by atoms with E-state index in [1.807, 2.05) is 0 Å². The zero-order chi connectivity index (χ0) is 14.6. The number of nitrogens with zero attached hydrogens (tertiary/aromatic N) is 1. The molecule has 7 heteroatoms. The molecule has 1 saturated heterocycles. The summed E-state index contributed by atoms with van der Waals surface area (Å²) in [5.41, 5.74) is 0.488. The van der Waals surface area contributed by atoms with E-state index in [9.17, 15) is 18.0 Å². The summed E-state index contributed by atoms with van der Waals surface area (Å²) < 4.78 is 22.5. The van der Waals surface area contributed by atoms with Crippen LogP contribution in [-0.2, 0) is 14.6 Å². The van der Waals surface area contributed by atoms with Crippen LogP contribution in [0.4, 0.5) is 0 Å². The van der Waals surface area contributed by atoms with Crippen LogP contribution in [0.5, 0.6) is 0 Å². The van der Waals surface area contributed by atoms with Gasteiger partial charge in [0.1, 0.15) is 0 Å². The van der Waals surface area contributed by atoms with Gasteiger partial charge in [0.05, 0.1) is 18.1 Å². The zero-order valence-electron chi connectivity index (χ0n) is 10.9. The number of carbonyl (C=O) groups excluding carboxylic acids is 2. The van der Waals surface area contributed by atoms with Gasteiger partial charge in [0.25, 0.3) is 5.91 Å². The summed E-state index contributed by atoms with van der Waals surface area (Å²) in [4.78, 5) is 25.1. The first-order valence-corrected chi connectivity index (χ1v) is 8.11. The molecule has 20 heavy (non-hydrogen) atoms. The van der Waals surface area contributed by atoms with E-state index in [1.54, 1.807) is 30.3 Å². The average molecular weight is 296 g/mol. The molecule has 1 aliphatic rings. The monoisotopic (exact) mass is 296 g/mol. The van der Waals surface area contributed by atoms with Crippen LogP contribution in [0.1, 0.15) is 10.4 Å². The van der Waals surface area contributed by atoms with Crippen molar-refractivity contribution < 1.29 is 18.0 Å². The Morgan fingerprint density at radius 1 is 1.10 bits per heavy atom. The minimum absolute atomic E-state index is 0.00856. The topological polar surface area (TPSA) is 83.6 Å². The van der Waals surface area contributed by atoms with Crippen molar-refractivity contribution in [3.63, 3.8) is 0 Å². The average Bonchev–Trinajstić information content (AvgIpc) is 2.45. The first-order valence-electron chi connectivity index (χ1n) is 6.29. The molecule has 1 aromatic carbocycles. The second-order valence-electron chi connectivity index (χ2n) is 4.58. The maximum atomic E-state index is 11.9. The number of carbonyl (C=O) groups is 2. The molecule has 0 saturated carbocycles. The van der Waals surface area contributed by atoms with Crippen LogP contribution < -0.4 is 5.32 Å². The number of hydrogen-bond acceptors (Lipinski definition) is 4. The first-order chi connectivity index (χ1) is 9.48. The first kappa shape index (κ1) is 14.5. The van der Waals surface area contributed by atoms with Gasteiger partial charge in [-0.05, 0) is 12.1 Å². The highest BCUT2D eigenvalue weighted by Crippen LogP contribution is 2.04. The lowest BCUT2D eigenvalue weighted by Crippen LogP contribution is -2.47. The molecule has 0 aromatic heterocycles. The van der Waals surface area contributed by atoms with E-state index in [-0.39, 0.29) is 43.0 Å². The van der Waals surface area contributed by atoms with Gasteiger partial charge in [-0.15, -0.1) is 0 Å². The molecule has 1 heterocycles. The van der Waals surface area contributed by atoms with Crippen molar-refractivity contribution in [1.82, 2.24) is 10.2 Å². The Morgan fingerprint density at radius 2 is 1.70 bits per heavy atom. The molecule has 0 unspecified atom stereocenters. The van der Waals surface area contributed by atoms with E-state index in [0.717, 1.165) is 0 Å². The zero-order valence-corrected chi connectivity index (χ0v) is 11.7. The third-order valence-corrected chi connectivity index (χ3v) is 4.74. The van der Waals surface area contributed by atoms with Crippen molar-refractivity contribution in [3.05, 3.63) is 35.9 Å². The molecule has 108 valence electrons. The summed E-state index contributed by atoms with van der Waals surface area (Å²) in [6.07, 6.45) is 0. The summed E-state index contributed by atoms with van der Waals surface area (Å²) in [5.74, 6) is -0.593. The number of hydrogen-bond donors (Lipinski definition) is 1. The van der Waals surface area contributed by atoms with E-state index >= 15 is 0 Å². The molecule has 0 atom stereocenters. The number of benzene rings is 1.